The zero-order valence-electron chi connectivity index (χ0n) is 11.5. The number of hydrogen-bond acceptors (Lipinski definition) is 4. The molecule has 0 heterocycles. The molecular weight excluding hydrogens is 280 g/mol. The molecule has 0 aliphatic rings. The molecule has 1 aromatic carbocycles. The van der Waals surface area contributed by atoms with Crippen LogP contribution in [0.3, 0.4) is 0 Å². The first-order valence-corrected chi connectivity index (χ1v) is 7.87. The third-order valence-corrected chi connectivity index (χ3v) is 4.39. The second-order valence-corrected chi connectivity index (χ2v) is 6.44. The quantitative estimate of drug-likeness (QED) is 0.741. The van der Waals surface area contributed by atoms with Crippen LogP contribution in [0.25, 0.3) is 0 Å². The Kier molecular flexibility index (Phi) is 5.69. The molecule has 0 fully saturated rings. The summed E-state index contributed by atoms with van der Waals surface area (Å²) in [4.78, 5) is 22.6. The van der Waals surface area contributed by atoms with E-state index in [1.165, 1.54) is 31.2 Å². The lowest BCUT2D eigenvalue weighted by Crippen LogP contribution is -2.33. The molecule has 110 valence electrons. The van der Waals surface area contributed by atoms with Crippen LogP contribution < -0.4 is 10.6 Å². The van der Waals surface area contributed by atoms with Gasteiger partial charge in [0.05, 0.1) is 10.6 Å². The molecule has 0 saturated carbocycles. The first-order valence-electron chi connectivity index (χ1n) is 6.22. The first kappa shape index (κ1) is 16.2. The summed E-state index contributed by atoms with van der Waals surface area (Å²) in [5.41, 5.74) is 0.378. The van der Waals surface area contributed by atoms with Crippen LogP contribution in [-0.4, -0.2) is 39.1 Å². The van der Waals surface area contributed by atoms with Gasteiger partial charge in [0, 0.05) is 25.6 Å². The molecule has 0 atom stereocenters. The van der Waals surface area contributed by atoms with Crippen molar-refractivity contribution in [3.8, 4) is 0 Å². The highest BCUT2D eigenvalue weighted by atomic mass is 32.2. The van der Waals surface area contributed by atoms with Crippen LogP contribution in [0.5, 0.6) is 0 Å². The molecule has 0 saturated heterocycles. The van der Waals surface area contributed by atoms with Crippen molar-refractivity contribution in [3.05, 3.63) is 29.8 Å². The van der Waals surface area contributed by atoms with Gasteiger partial charge in [-0.2, -0.15) is 0 Å². The van der Waals surface area contributed by atoms with Crippen molar-refractivity contribution >= 4 is 21.7 Å². The fourth-order valence-corrected chi connectivity index (χ4v) is 2.38. The Balaban J connectivity index is 2.60. The predicted octanol–water partition coefficient (Wildman–Crippen LogP) is 0.346. The Labute approximate surface area is 118 Å². The number of benzene rings is 1. The average molecular weight is 298 g/mol. The van der Waals surface area contributed by atoms with Crippen LogP contribution in [0.1, 0.15) is 24.2 Å². The molecule has 1 rings (SSSR count). The second-order valence-electron chi connectivity index (χ2n) is 4.17. The molecule has 0 spiro atoms. The molecule has 6 nitrogen and oxygen atoms in total. The summed E-state index contributed by atoms with van der Waals surface area (Å²) < 4.78 is 23.2. The molecule has 0 bridgehead atoms. The molecule has 2 N–H and O–H groups in total. The van der Waals surface area contributed by atoms with Gasteiger partial charge in [-0.1, -0.05) is 6.92 Å². The molecular formula is C13H18N2O4S. The van der Waals surface area contributed by atoms with E-state index in [0.29, 0.717) is 18.7 Å². The van der Waals surface area contributed by atoms with E-state index < -0.39 is 9.84 Å². The summed E-state index contributed by atoms with van der Waals surface area (Å²) in [6.07, 6.45) is 0. The fraction of sp³-hybridized carbons (Fsp3) is 0.385. The van der Waals surface area contributed by atoms with Crippen LogP contribution in [0, 0.1) is 0 Å². The van der Waals surface area contributed by atoms with E-state index in [-0.39, 0.29) is 22.5 Å². The number of sulfone groups is 1. The van der Waals surface area contributed by atoms with Gasteiger partial charge in [-0.3, -0.25) is 9.59 Å². The van der Waals surface area contributed by atoms with Crippen LogP contribution >= 0.6 is 0 Å². The Morgan fingerprint density at radius 3 is 2.10 bits per heavy atom. The maximum atomic E-state index is 11.7. The zero-order valence-corrected chi connectivity index (χ0v) is 12.3. The summed E-state index contributed by atoms with van der Waals surface area (Å²) in [5.74, 6) is -0.445. The molecule has 7 heteroatoms. The molecule has 0 aliphatic carbocycles. The van der Waals surface area contributed by atoms with E-state index in [4.69, 9.17) is 0 Å². The lowest BCUT2D eigenvalue weighted by molar-refractivity contribution is -0.118. The standard InChI is InChI=1S/C13H18N2O4S/c1-3-20(18,19)12-6-4-11(5-7-12)13(17)15-9-8-14-10(2)16/h4-7H,3,8-9H2,1-2H3,(H,14,16)(H,15,17). The SMILES string of the molecule is CCS(=O)(=O)c1ccc(C(=O)NCCNC(C)=O)cc1. The Morgan fingerprint density at radius 1 is 1.05 bits per heavy atom. The van der Waals surface area contributed by atoms with Gasteiger partial charge in [-0.25, -0.2) is 8.42 Å². The largest absolute Gasteiger partial charge is 0.355 e. The van der Waals surface area contributed by atoms with Crippen molar-refractivity contribution in [2.45, 2.75) is 18.7 Å². The summed E-state index contributed by atoms with van der Waals surface area (Å²) in [7, 11) is -3.25. The highest BCUT2D eigenvalue weighted by Crippen LogP contribution is 2.12. The van der Waals surface area contributed by atoms with Crippen LogP contribution in [0.4, 0.5) is 0 Å². The highest BCUT2D eigenvalue weighted by Gasteiger charge is 2.12. The summed E-state index contributed by atoms with van der Waals surface area (Å²) >= 11 is 0. The second kappa shape index (κ2) is 7.04. The predicted molar refractivity (Wildman–Crippen MR) is 75.2 cm³/mol. The van der Waals surface area contributed by atoms with Gasteiger partial charge in [0.15, 0.2) is 9.84 Å². The minimum atomic E-state index is -3.25. The number of carbonyl (C=O) groups excluding carboxylic acids is 2. The van der Waals surface area contributed by atoms with E-state index in [9.17, 15) is 18.0 Å². The van der Waals surface area contributed by atoms with Crippen molar-refractivity contribution in [3.63, 3.8) is 0 Å². The number of amides is 2. The van der Waals surface area contributed by atoms with Gasteiger partial charge in [-0.15, -0.1) is 0 Å². The molecule has 0 unspecified atom stereocenters. The summed E-state index contributed by atoms with van der Waals surface area (Å²) in [6.45, 7) is 3.63. The number of hydrogen-bond donors (Lipinski definition) is 2. The van der Waals surface area contributed by atoms with E-state index in [0.717, 1.165) is 0 Å². The lowest BCUT2D eigenvalue weighted by atomic mass is 10.2. The maximum Gasteiger partial charge on any atom is 0.251 e. The van der Waals surface area contributed by atoms with Crippen molar-refractivity contribution < 1.29 is 18.0 Å². The molecule has 2 amide bonds. The smallest absolute Gasteiger partial charge is 0.251 e. The number of nitrogens with one attached hydrogen (secondary N) is 2. The van der Waals surface area contributed by atoms with E-state index >= 15 is 0 Å². The topological polar surface area (TPSA) is 92.3 Å². The molecule has 0 aliphatic heterocycles. The Hall–Kier alpha value is -1.89. The van der Waals surface area contributed by atoms with E-state index in [1.807, 2.05) is 0 Å². The molecule has 20 heavy (non-hydrogen) atoms. The van der Waals surface area contributed by atoms with E-state index in [2.05, 4.69) is 10.6 Å². The van der Waals surface area contributed by atoms with Gasteiger partial charge in [-0.05, 0) is 24.3 Å². The molecule has 1 aromatic rings. The van der Waals surface area contributed by atoms with Gasteiger partial charge >= 0.3 is 0 Å². The van der Waals surface area contributed by atoms with Crippen LogP contribution in [0.15, 0.2) is 29.2 Å². The van der Waals surface area contributed by atoms with E-state index in [1.54, 1.807) is 6.92 Å². The minimum absolute atomic E-state index is 0.0231. The molecule has 0 radical (unpaired) electrons. The normalized spacial score (nSPS) is 10.9. The van der Waals surface area contributed by atoms with Crippen molar-refractivity contribution in [2.75, 3.05) is 18.8 Å². The number of carbonyl (C=O) groups is 2. The Morgan fingerprint density at radius 2 is 1.60 bits per heavy atom. The fourth-order valence-electron chi connectivity index (χ4n) is 1.50. The summed E-state index contributed by atoms with van der Waals surface area (Å²) in [6, 6.07) is 5.77. The Bertz CT molecular complexity index is 579. The third-order valence-electron chi connectivity index (χ3n) is 2.64. The zero-order chi connectivity index (χ0) is 15.2. The van der Waals surface area contributed by atoms with Gasteiger partial charge in [0.1, 0.15) is 0 Å². The number of rotatable bonds is 6. The van der Waals surface area contributed by atoms with Gasteiger partial charge < -0.3 is 10.6 Å². The molecule has 0 aromatic heterocycles. The van der Waals surface area contributed by atoms with Crippen molar-refractivity contribution in [1.82, 2.24) is 10.6 Å². The maximum absolute atomic E-state index is 11.7. The van der Waals surface area contributed by atoms with Crippen molar-refractivity contribution in [1.29, 1.82) is 0 Å². The van der Waals surface area contributed by atoms with Crippen LogP contribution in [-0.2, 0) is 14.6 Å². The monoisotopic (exact) mass is 298 g/mol. The minimum Gasteiger partial charge on any atom is -0.355 e. The van der Waals surface area contributed by atoms with Gasteiger partial charge in [0.25, 0.3) is 5.91 Å². The highest BCUT2D eigenvalue weighted by molar-refractivity contribution is 7.91. The third kappa shape index (κ3) is 4.65. The van der Waals surface area contributed by atoms with Gasteiger partial charge in [0.2, 0.25) is 5.91 Å². The first-order chi connectivity index (χ1) is 9.36. The van der Waals surface area contributed by atoms with Crippen LogP contribution in [0.2, 0.25) is 0 Å². The summed E-state index contributed by atoms with van der Waals surface area (Å²) in [5, 5.41) is 5.18. The van der Waals surface area contributed by atoms with Crippen molar-refractivity contribution in [2.24, 2.45) is 0 Å². The lowest BCUT2D eigenvalue weighted by Gasteiger charge is -2.06. The average Bonchev–Trinajstić information content (AvgIpc) is 2.43.